The van der Waals surface area contributed by atoms with E-state index in [1.54, 1.807) is 4.90 Å². The van der Waals surface area contributed by atoms with Gasteiger partial charge >= 0.3 is 5.97 Å². The highest BCUT2D eigenvalue weighted by atomic mass is 79.9. The number of amides is 2. The molecule has 1 saturated carbocycles. The molecule has 1 fully saturated rings. The molecule has 48 heavy (non-hydrogen) atoms. The molecule has 0 radical (unpaired) electrons. The first-order chi connectivity index (χ1) is 23.3. The van der Waals surface area contributed by atoms with Crippen LogP contribution in [0.15, 0.2) is 102 Å². The number of carboxylic acids is 1. The van der Waals surface area contributed by atoms with E-state index in [0.29, 0.717) is 25.4 Å². The molecule has 0 aromatic heterocycles. The van der Waals surface area contributed by atoms with Crippen LogP contribution in [0.4, 0.5) is 0 Å². The number of carbonyl (C=O) groups excluding carboxylic acids is 2. The van der Waals surface area contributed by atoms with E-state index in [2.05, 4.69) is 27.3 Å². The summed E-state index contributed by atoms with van der Waals surface area (Å²) in [7, 11) is 0. The third-order valence-electron chi connectivity index (χ3n) is 9.58. The van der Waals surface area contributed by atoms with Crippen molar-refractivity contribution in [1.82, 2.24) is 10.2 Å². The van der Waals surface area contributed by atoms with Crippen molar-refractivity contribution in [2.45, 2.75) is 70.0 Å². The molecule has 2 aliphatic rings. The number of aliphatic carboxylic acids is 1. The number of ether oxygens (including phenoxy) is 1. The zero-order chi connectivity index (χ0) is 33.5. The molecule has 2 amide bonds. The maximum Gasteiger partial charge on any atom is 0.326 e. The standard InChI is InChI=1S/C40H41BrN2O5/c41-35-13-7-6-12-31(35)20-21-48-34-19-18-32-25-37(43(26-33(32)24-34)38(44)23-27-8-4-5-9-27)39(45)42-36(40(46)47)22-28-14-16-30(17-15-28)29-10-2-1-3-11-29/h1-3,6-7,10-19,24,27,36-37H,4-5,8-9,20-23,25-26H2,(H,42,45)(H,46,47)/t36-,37-/m0/s1. The second-order valence-corrected chi connectivity index (χ2v) is 13.7. The summed E-state index contributed by atoms with van der Waals surface area (Å²) in [4.78, 5) is 41.7. The Balaban J connectivity index is 1.16. The second-order valence-electron chi connectivity index (χ2n) is 12.9. The lowest BCUT2D eigenvalue weighted by Gasteiger charge is -2.37. The summed E-state index contributed by atoms with van der Waals surface area (Å²) >= 11 is 3.59. The fraction of sp³-hybridized carbons (Fsp3) is 0.325. The molecule has 0 unspecified atom stereocenters. The van der Waals surface area contributed by atoms with Crippen molar-refractivity contribution in [3.63, 3.8) is 0 Å². The van der Waals surface area contributed by atoms with Gasteiger partial charge in [0, 0.05) is 36.7 Å². The third-order valence-corrected chi connectivity index (χ3v) is 10.4. The number of carbonyl (C=O) groups is 3. The van der Waals surface area contributed by atoms with Crippen molar-refractivity contribution >= 4 is 33.7 Å². The van der Waals surface area contributed by atoms with Crippen molar-refractivity contribution in [1.29, 1.82) is 0 Å². The Morgan fingerprint density at radius 3 is 2.31 bits per heavy atom. The highest BCUT2D eigenvalue weighted by Crippen LogP contribution is 2.32. The number of halogens is 1. The minimum Gasteiger partial charge on any atom is -0.493 e. The first kappa shape index (κ1) is 33.5. The summed E-state index contributed by atoms with van der Waals surface area (Å²) in [5.41, 5.74) is 5.98. The Morgan fingerprint density at radius 2 is 1.58 bits per heavy atom. The van der Waals surface area contributed by atoms with Gasteiger partial charge in [0.2, 0.25) is 11.8 Å². The Labute approximate surface area is 290 Å². The normalized spacial score (nSPS) is 16.6. The SMILES string of the molecule is O=C(O)[C@H](Cc1ccc(-c2ccccc2)cc1)NC(=O)[C@@H]1Cc2ccc(OCCc3ccccc3Br)cc2CN1C(=O)CC1CCCC1. The topological polar surface area (TPSA) is 95.9 Å². The smallest absolute Gasteiger partial charge is 0.326 e. The fourth-order valence-corrected chi connectivity index (χ4v) is 7.36. The monoisotopic (exact) mass is 708 g/mol. The predicted molar refractivity (Wildman–Crippen MR) is 190 cm³/mol. The molecular formula is C40H41BrN2O5. The Bertz CT molecular complexity index is 1740. The van der Waals surface area contributed by atoms with Crippen LogP contribution in [0.3, 0.4) is 0 Å². The van der Waals surface area contributed by atoms with Gasteiger partial charge in [-0.15, -0.1) is 0 Å². The summed E-state index contributed by atoms with van der Waals surface area (Å²) in [6.45, 7) is 0.779. The molecular weight excluding hydrogens is 668 g/mol. The maximum atomic E-state index is 13.9. The fourth-order valence-electron chi connectivity index (χ4n) is 6.87. The van der Waals surface area contributed by atoms with Gasteiger partial charge in [0.25, 0.3) is 0 Å². The number of hydrogen-bond acceptors (Lipinski definition) is 4. The van der Waals surface area contributed by atoms with Crippen molar-refractivity contribution in [2.75, 3.05) is 6.61 Å². The number of hydrogen-bond donors (Lipinski definition) is 2. The molecule has 4 aromatic rings. The zero-order valence-corrected chi connectivity index (χ0v) is 28.5. The van der Waals surface area contributed by atoms with Gasteiger partial charge in [-0.2, -0.15) is 0 Å². The van der Waals surface area contributed by atoms with Crippen LogP contribution in [0.5, 0.6) is 5.75 Å². The van der Waals surface area contributed by atoms with Crippen LogP contribution in [0.2, 0.25) is 0 Å². The maximum absolute atomic E-state index is 13.9. The summed E-state index contributed by atoms with van der Waals surface area (Å²) in [5.74, 6) is -0.574. The van der Waals surface area contributed by atoms with Gasteiger partial charge in [-0.05, 0) is 70.3 Å². The lowest BCUT2D eigenvalue weighted by Crippen LogP contribution is -2.56. The number of nitrogens with one attached hydrogen (secondary N) is 1. The average molecular weight is 710 g/mol. The summed E-state index contributed by atoms with van der Waals surface area (Å²) < 4.78 is 7.15. The molecule has 248 valence electrons. The molecule has 0 saturated heterocycles. The highest BCUT2D eigenvalue weighted by Gasteiger charge is 2.37. The molecule has 2 N–H and O–H groups in total. The second kappa shape index (κ2) is 15.6. The first-order valence-corrected chi connectivity index (χ1v) is 17.6. The number of fused-ring (bicyclic) bond motifs is 1. The lowest BCUT2D eigenvalue weighted by molar-refractivity contribution is -0.145. The number of carboxylic acid groups (broad SMARTS) is 1. The summed E-state index contributed by atoms with van der Waals surface area (Å²) in [6.07, 6.45) is 5.88. The van der Waals surface area contributed by atoms with E-state index in [1.165, 1.54) is 0 Å². The van der Waals surface area contributed by atoms with Crippen LogP contribution in [0.25, 0.3) is 11.1 Å². The summed E-state index contributed by atoms with van der Waals surface area (Å²) in [5, 5.41) is 12.9. The van der Waals surface area contributed by atoms with Gasteiger partial charge in [0.05, 0.1) is 6.61 Å². The molecule has 1 aliphatic heterocycles. The largest absolute Gasteiger partial charge is 0.493 e. The Hall–Kier alpha value is -4.43. The minimum atomic E-state index is -1.13. The molecule has 0 bridgehead atoms. The van der Waals surface area contributed by atoms with Crippen molar-refractivity contribution in [2.24, 2.45) is 5.92 Å². The zero-order valence-electron chi connectivity index (χ0n) is 26.9. The predicted octanol–water partition coefficient (Wildman–Crippen LogP) is 7.38. The molecule has 6 rings (SSSR count). The van der Waals surface area contributed by atoms with Gasteiger partial charge in [0.15, 0.2) is 0 Å². The van der Waals surface area contributed by atoms with E-state index in [0.717, 1.165) is 75.7 Å². The molecule has 2 atom stereocenters. The van der Waals surface area contributed by atoms with Crippen LogP contribution in [0.1, 0.15) is 54.4 Å². The van der Waals surface area contributed by atoms with Gasteiger partial charge in [-0.3, -0.25) is 9.59 Å². The van der Waals surface area contributed by atoms with Gasteiger partial charge in [-0.25, -0.2) is 4.79 Å². The molecule has 8 heteroatoms. The highest BCUT2D eigenvalue weighted by molar-refractivity contribution is 9.10. The molecule has 7 nitrogen and oxygen atoms in total. The molecule has 1 aliphatic carbocycles. The Morgan fingerprint density at radius 1 is 0.875 bits per heavy atom. The van der Waals surface area contributed by atoms with Crippen LogP contribution >= 0.6 is 15.9 Å². The molecule has 0 spiro atoms. The van der Waals surface area contributed by atoms with Crippen LogP contribution in [-0.2, 0) is 40.2 Å². The van der Waals surface area contributed by atoms with Crippen molar-refractivity contribution < 1.29 is 24.2 Å². The van der Waals surface area contributed by atoms with Gasteiger partial charge in [0.1, 0.15) is 17.8 Å². The van der Waals surface area contributed by atoms with E-state index < -0.39 is 24.0 Å². The Kier molecular flexibility index (Phi) is 10.9. The van der Waals surface area contributed by atoms with Crippen LogP contribution in [0, 0.1) is 5.92 Å². The molecule has 4 aromatic carbocycles. The van der Waals surface area contributed by atoms with Gasteiger partial charge < -0.3 is 20.1 Å². The lowest BCUT2D eigenvalue weighted by atomic mass is 9.91. The van der Waals surface area contributed by atoms with Crippen molar-refractivity contribution in [3.8, 4) is 16.9 Å². The average Bonchev–Trinajstić information content (AvgIpc) is 3.62. The van der Waals surface area contributed by atoms with E-state index >= 15 is 0 Å². The van der Waals surface area contributed by atoms with Crippen LogP contribution < -0.4 is 10.1 Å². The van der Waals surface area contributed by atoms with Crippen molar-refractivity contribution in [3.05, 3.63) is 124 Å². The van der Waals surface area contributed by atoms with Crippen LogP contribution in [-0.4, -0.2) is 46.5 Å². The van der Waals surface area contributed by atoms with E-state index in [1.807, 2.05) is 91.0 Å². The number of benzene rings is 4. The first-order valence-electron chi connectivity index (χ1n) is 16.8. The van der Waals surface area contributed by atoms with E-state index in [4.69, 9.17) is 4.74 Å². The quantitative estimate of drug-likeness (QED) is 0.160. The van der Waals surface area contributed by atoms with E-state index in [-0.39, 0.29) is 18.9 Å². The van der Waals surface area contributed by atoms with Gasteiger partial charge in [-0.1, -0.05) is 108 Å². The minimum absolute atomic E-state index is 0.0590. The number of rotatable bonds is 12. The van der Waals surface area contributed by atoms with E-state index in [9.17, 15) is 19.5 Å². The molecule has 1 heterocycles. The summed E-state index contributed by atoms with van der Waals surface area (Å²) in [6, 6.07) is 29.7. The number of nitrogens with zero attached hydrogens (tertiary/aromatic N) is 1. The third kappa shape index (κ3) is 8.34.